The second-order valence-corrected chi connectivity index (χ2v) is 10.6. The van der Waals surface area contributed by atoms with Crippen LogP contribution in [0.4, 0.5) is 22.7 Å². The lowest BCUT2D eigenvalue weighted by atomic mass is 10.0. The minimum absolute atomic E-state index is 0.872. The van der Waals surface area contributed by atoms with Crippen molar-refractivity contribution in [2.45, 2.75) is 66.7 Å². The molecule has 0 aromatic heterocycles. The largest absolute Gasteiger partial charge is 0.399 e. The topological polar surface area (TPSA) is 104 Å². The lowest BCUT2D eigenvalue weighted by Crippen LogP contribution is -1.97. The number of hydrogen-bond donors (Lipinski definition) is 4. The molecule has 44 heavy (non-hydrogen) atoms. The second-order valence-electron chi connectivity index (χ2n) is 10.6. The molecule has 0 unspecified atom stereocenters. The maximum atomic E-state index is 5.90. The third-order valence-electron chi connectivity index (χ3n) is 7.57. The Morgan fingerprint density at radius 2 is 0.773 bits per heavy atom. The molecule has 232 valence electrons. The van der Waals surface area contributed by atoms with Gasteiger partial charge in [0.2, 0.25) is 0 Å². The highest BCUT2D eigenvalue weighted by Gasteiger charge is 2.00. The Morgan fingerprint density at radius 1 is 0.386 bits per heavy atom. The standard InChI is InChI=1S/C13H13N.C10H15N.C9H13N.C8H11N/c14-13-9-5-4-8-12(13)10-11-6-2-1-3-7-11;1-3-8-6-5-7-9(4-2)10(8)11;1-3-8-6-4-5-7(2)9(8)10;1-2-7-5-3-4-6-8(7)9/h1-9H,10,14H2;5-7H,3-4,11H2,1-2H3;4-6H,3,10H2,1-2H3;3-6H,2,9H2,1H3. The molecule has 0 spiro atoms. The molecule has 4 heteroatoms. The van der Waals surface area contributed by atoms with Crippen LogP contribution in [0.1, 0.15) is 66.6 Å². The number of benzene rings is 5. The highest BCUT2D eigenvalue weighted by Crippen LogP contribution is 2.18. The van der Waals surface area contributed by atoms with Gasteiger partial charge in [-0.15, -0.1) is 0 Å². The summed E-state index contributed by atoms with van der Waals surface area (Å²) in [5.41, 5.74) is 35.6. The SMILES string of the molecule is CCc1cccc(C)c1N.CCc1cccc(CC)c1N.CCc1ccccc1N.Nc1ccccc1Cc1ccccc1. The van der Waals surface area contributed by atoms with Gasteiger partial charge in [0, 0.05) is 22.7 Å². The number of para-hydroxylation sites is 4. The fourth-order valence-electron chi connectivity index (χ4n) is 4.70. The van der Waals surface area contributed by atoms with Crippen LogP contribution < -0.4 is 22.9 Å². The first-order valence-electron chi connectivity index (χ1n) is 15.7. The van der Waals surface area contributed by atoms with Crippen molar-refractivity contribution in [1.82, 2.24) is 0 Å². The molecule has 0 saturated carbocycles. The van der Waals surface area contributed by atoms with E-state index in [1.807, 2.05) is 61.5 Å². The zero-order valence-corrected chi connectivity index (χ0v) is 27.3. The van der Waals surface area contributed by atoms with Crippen LogP contribution in [0, 0.1) is 6.92 Å². The van der Waals surface area contributed by atoms with Crippen molar-refractivity contribution in [1.29, 1.82) is 0 Å². The molecule has 0 aliphatic rings. The molecule has 0 aliphatic carbocycles. The normalized spacial score (nSPS) is 9.84. The van der Waals surface area contributed by atoms with E-state index in [1.54, 1.807) is 0 Å². The van der Waals surface area contributed by atoms with E-state index < -0.39 is 0 Å². The predicted octanol–water partition coefficient (Wildman–Crippen LogP) is 9.22. The van der Waals surface area contributed by atoms with Crippen LogP contribution in [0.25, 0.3) is 0 Å². The van der Waals surface area contributed by atoms with E-state index in [0.717, 1.165) is 54.9 Å². The van der Waals surface area contributed by atoms with Crippen LogP contribution in [0.2, 0.25) is 0 Å². The smallest absolute Gasteiger partial charge is 0.0378 e. The van der Waals surface area contributed by atoms with Gasteiger partial charge in [-0.25, -0.2) is 0 Å². The van der Waals surface area contributed by atoms with E-state index in [2.05, 4.69) is 88.4 Å². The van der Waals surface area contributed by atoms with Crippen molar-refractivity contribution in [3.63, 3.8) is 0 Å². The zero-order chi connectivity index (χ0) is 32.3. The fourth-order valence-corrected chi connectivity index (χ4v) is 4.70. The molecular formula is C40H52N4. The summed E-state index contributed by atoms with van der Waals surface area (Å²) in [5, 5.41) is 0. The van der Waals surface area contributed by atoms with Crippen molar-refractivity contribution in [3.8, 4) is 0 Å². The molecule has 4 nitrogen and oxygen atoms in total. The van der Waals surface area contributed by atoms with Crippen LogP contribution in [0.5, 0.6) is 0 Å². The third-order valence-corrected chi connectivity index (χ3v) is 7.57. The first kappa shape index (κ1) is 35.5. The van der Waals surface area contributed by atoms with Gasteiger partial charge in [0.1, 0.15) is 0 Å². The van der Waals surface area contributed by atoms with Crippen LogP contribution in [-0.2, 0) is 32.1 Å². The molecule has 5 aromatic rings. The summed E-state index contributed by atoms with van der Waals surface area (Å²) in [4.78, 5) is 0. The summed E-state index contributed by atoms with van der Waals surface area (Å²) in [6.07, 6.45) is 5.01. The van der Waals surface area contributed by atoms with Gasteiger partial charge in [-0.05, 0) is 90.1 Å². The van der Waals surface area contributed by atoms with Gasteiger partial charge in [-0.2, -0.15) is 0 Å². The van der Waals surface area contributed by atoms with Crippen molar-refractivity contribution in [3.05, 3.63) is 154 Å². The van der Waals surface area contributed by atoms with Crippen molar-refractivity contribution < 1.29 is 0 Å². The number of anilines is 4. The third kappa shape index (κ3) is 11.5. The first-order valence-corrected chi connectivity index (χ1v) is 15.7. The van der Waals surface area contributed by atoms with Crippen LogP contribution in [0.3, 0.4) is 0 Å². The van der Waals surface area contributed by atoms with Crippen LogP contribution in [-0.4, -0.2) is 0 Å². The van der Waals surface area contributed by atoms with Gasteiger partial charge in [0.25, 0.3) is 0 Å². The van der Waals surface area contributed by atoms with Crippen molar-refractivity contribution >= 4 is 22.7 Å². The average Bonchev–Trinajstić information content (AvgIpc) is 3.05. The fraction of sp³-hybridized carbons (Fsp3) is 0.250. The van der Waals surface area contributed by atoms with E-state index in [4.69, 9.17) is 22.9 Å². The van der Waals surface area contributed by atoms with Gasteiger partial charge in [-0.3, -0.25) is 0 Å². The first-order chi connectivity index (χ1) is 21.2. The van der Waals surface area contributed by atoms with Crippen LogP contribution in [0.15, 0.2) is 115 Å². The molecule has 5 aromatic carbocycles. The van der Waals surface area contributed by atoms with Crippen molar-refractivity contribution in [2.75, 3.05) is 22.9 Å². The van der Waals surface area contributed by atoms with Gasteiger partial charge < -0.3 is 22.9 Å². The van der Waals surface area contributed by atoms with Gasteiger partial charge in [0.05, 0.1) is 0 Å². The van der Waals surface area contributed by atoms with E-state index in [1.165, 1.54) is 38.9 Å². The number of rotatable bonds is 6. The summed E-state index contributed by atoms with van der Waals surface area (Å²) in [6.45, 7) is 10.5. The van der Waals surface area contributed by atoms with E-state index in [0.29, 0.717) is 0 Å². The molecule has 0 bridgehead atoms. The summed E-state index contributed by atoms with van der Waals surface area (Å²) in [7, 11) is 0. The number of nitrogen functional groups attached to an aromatic ring is 4. The molecule has 0 radical (unpaired) electrons. The lowest BCUT2D eigenvalue weighted by Gasteiger charge is -2.06. The molecular weight excluding hydrogens is 536 g/mol. The quantitative estimate of drug-likeness (QED) is 0.148. The maximum absolute atomic E-state index is 5.90. The Hall–Kier alpha value is -4.70. The zero-order valence-electron chi connectivity index (χ0n) is 27.3. The number of hydrogen-bond acceptors (Lipinski definition) is 4. The Morgan fingerprint density at radius 3 is 1.20 bits per heavy atom. The number of nitrogens with two attached hydrogens (primary N) is 4. The molecule has 0 aliphatic heterocycles. The van der Waals surface area contributed by atoms with Crippen LogP contribution >= 0.6 is 0 Å². The van der Waals surface area contributed by atoms with Gasteiger partial charge in [-0.1, -0.05) is 131 Å². The summed E-state index contributed by atoms with van der Waals surface area (Å²) < 4.78 is 0. The lowest BCUT2D eigenvalue weighted by molar-refractivity contribution is 1.09. The molecule has 5 rings (SSSR count). The van der Waals surface area contributed by atoms with Gasteiger partial charge in [0.15, 0.2) is 0 Å². The molecule has 8 N–H and O–H groups in total. The highest BCUT2D eigenvalue weighted by atomic mass is 14.6. The Labute approximate surface area is 266 Å². The summed E-state index contributed by atoms with van der Waals surface area (Å²) in [6, 6.07) is 38.7. The van der Waals surface area contributed by atoms with Gasteiger partial charge >= 0.3 is 0 Å². The van der Waals surface area contributed by atoms with Crippen molar-refractivity contribution in [2.24, 2.45) is 0 Å². The van der Waals surface area contributed by atoms with E-state index >= 15 is 0 Å². The molecule has 0 heterocycles. The Bertz CT molecular complexity index is 1500. The Kier molecular flexibility index (Phi) is 15.7. The highest BCUT2D eigenvalue weighted by molar-refractivity contribution is 5.54. The Balaban J connectivity index is 0.000000208. The second kappa shape index (κ2) is 19.5. The monoisotopic (exact) mass is 588 g/mol. The molecule has 0 atom stereocenters. The predicted molar refractivity (Wildman–Crippen MR) is 195 cm³/mol. The molecule has 0 amide bonds. The minimum atomic E-state index is 0.872. The molecule has 0 fully saturated rings. The maximum Gasteiger partial charge on any atom is 0.0378 e. The number of aryl methyl sites for hydroxylation is 5. The average molecular weight is 589 g/mol. The molecule has 0 saturated heterocycles. The summed E-state index contributed by atoms with van der Waals surface area (Å²) >= 11 is 0. The van der Waals surface area contributed by atoms with E-state index in [9.17, 15) is 0 Å². The van der Waals surface area contributed by atoms with E-state index in [-0.39, 0.29) is 0 Å². The minimum Gasteiger partial charge on any atom is -0.399 e. The summed E-state index contributed by atoms with van der Waals surface area (Å²) in [5.74, 6) is 0.